The molecule has 0 aliphatic carbocycles. The van der Waals surface area contributed by atoms with Gasteiger partial charge in [0.05, 0.1) is 14.2 Å². The van der Waals surface area contributed by atoms with Gasteiger partial charge in [-0.1, -0.05) is 36.4 Å². The Morgan fingerprint density at radius 3 is 1.56 bits per heavy atom. The van der Waals surface area contributed by atoms with Gasteiger partial charge in [-0.3, -0.25) is 0 Å². The monoisotopic (exact) mass is 240 g/mol. The first kappa shape index (κ1) is 12.2. The Morgan fingerprint density at radius 2 is 1.17 bits per heavy atom. The third-order valence-electron chi connectivity index (χ3n) is 2.66. The number of rotatable bonds is 4. The van der Waals surface area contributed by atoms with E-state index in [-0.39, 0.29) is 0 Å². The van der Waals surface area contributed by atoms with Gasteiger partial charge in [-0.2, -0.15) is 0 Å². The van der Waals surface area contributed by atoms with Crippen molar-refractivity contribution in [2.45, 2.75) is 0 Å². The summed E-state index contributed by atoms with van der Waals surface area (Å²) < 4.78 is 10.4. The topological polar surface area (TPSA) is 18.5 Å². The summed E-state index contributed by atoms with van der Waals surface area (Å²) >= 11 is 0. The van der Waals surface area contributed by atoms with Crippen LogP contribution in [-0.2, 0) is 0 Å². The van der Waals surface area contributed by atoms with Crippen LogP contribution in [0.1, 0.15) is 11.1 Å². The van der Waals surface area contributed by atoms with Gasteiger partial charge in [-0.05, 0) is 35.4 Å². The van der Waals surface area contributed by atoms with E-state index in [4.69, 9.17) is 9.47 Å². The summed E-state index contributed by atoms with van der Waals surface area (Å²) in [4.78, 5) is 0. The van der Waals surface area contributed by atoms with Gasteiger partial charge in [0, 0.05) is 0 Å². The van der Waals surface area contributed by atoms with E-state index in [1.807, 2.05) is 48.5 Å². The zero-order valence-electron chi connectivity index (χ0n) is 10.6. The second-order valence-corrected chi connectivity index (χ2v) is 3.89. The average Bonchev–Trinajstić information content (AvgIpc) is 2.45. The Balaban J connectivity index is 2.18. The van der Waals surface area contributed by atoms with Crippen LogP contribution in [0.25, 0.3) is 12.2 Å². The highest BCUT2D eigenvalue weighted by atomic mass is 16.5. The first-order chi connectivity index (χ1) is 8.81. The van der Waals surface area contributed by atoms with Crippen molar-refractivity contribution in [1.82, 2.24) is 0 Å². The number of benzene rings is 2. The van der Waals surface area contributed by atoms with Gasteiger partial charge in [0.25, 0.3) is 0 Å². The highest BCUT2D eigenvalue weighted by Crippen LogP contribution is 2.17. The fourth-order valence-corrected chi connectivity index (χ4v) is 1.68. The molecule has 2 aromatic rings. The minimum absolute atomic E-state index is 0.864. The lowest BCUT2D eigenvalue weighted by molar-refractivity contribution is 0.414. The molecule has 0 fully saturated rings. The molecule has 2 aromatic carbocycles. The average molecular weight is 240 g/mol. The third kappa shape index (κ3) is 3.14. The summed E-state index contributed by atoms with van der Waals surface area (Å²) in [6, 6.07) is 15.9. The predicted octanol–water partition coefficient (Wildman–Crippen LogP) is 3.87. The van der Waals surface area contributed by atoms with Gasteiger partial charge in [-0.15, -0.1) is 0 Å². The number of methoxy groups -OCH3 is 2. The van der Waals surface area contributed by atoms with Crippen LogP contribution in [0.2, 0.25) is 0 Å². The molecule has 0 N–H and O–H groups in total. The van der Waals surface area contributed by atoms with E-state index in [0.717, 1.165) is 22.6 Å². The van der Waals surface area contributed by atoms with Crippen LogP contribution >= 0.6 is 0 Å². The molecule has 0 bridgehead atoms. The van der Waals surface area contributed by atoms with Gasteiger partial charge in [0.15, 0.2) is 0 Å². The molecule has 92 valence electrons. The molecular weight excluding hydrogens is 224 g/mol. The van der Waals surface area contributed by atoms with Crippen molar-refractivity contribution in [3.8, 4) is 11.5 Å². The molecular formula is C16H16O2. The quantitative estimate of drug-likeness (QED) is 0.755. The van der Waals surface area contributed by atoms with Crippen molar-refractivity contribution in [3.63, 3.8) is 0 Å². The molecule has 0 atom stereocenters. The second-order valence-electron chi connectivity index (χ2n) is 3.89. The fourth-order valence-electron chi connectivity index (χ4n) is 1.68. The van der Waals surface area contributed by atoms with Crippen molar-refractivity contribution in [1.29, 1.82) is 0 Å². The molecule has 0 unspecified atom stereocenters. The zero-order valence-corrected chi connectivity index (χ0v) is 10.6. The maximum atomic E-state index is 5.19. The summed E-state index contributed by atoms with van der Waals surface area (Å²) in [7, 11) is 3.34. The van der Waals surface area contributed by atoms with Crippen LogP contribution < -0.4 is 9.47 Å². The first-order valence-electron chi connectivity index (χ1n) is 5.78. The third-order valence-corrected chi connectivity index (χ3v) is 2.66. The summed E-state index contributed by atoms with van der Waals surface area (Å²) in [5, 5.41) is 0. The highest BCUT2D eigenvalue weighted by molar-refractivity contribution is 5.70. The van der Waals surface area contributed by atoms with Crippen molar-refractivity contribution >= 4 is 12.2 Å². The molecule has 2 rings (SSSR count). The van der Waals surface area contributed by atoms with E-state index >= 15 is 0 Å². The molecule has 0 aliphatic heterocycles. The van der Waals surface area contributed by atoms with Gasteiger partial charge in [0.2, 0.25) is 0 Å². The van der Waals surface area contributed by atoms with Crippen molar-refractivity contribution in [3.05, 3.63) is 59.7 Å². The molecule has 18 heavy (non-hydrogen) atoms. The standard InChI is InChI=1S/C16H16O2/c1-17-15-7-3-5-13(11-15)9-10-14-6-4-8-16(12-14)18-2/h3-12H,1-2H3. The van der Waals surface area contributed by atoms with E-state index in [2.05, 4.69) is 12.2 Å². The predicted molar refractivity (Wildman–Crippen MR) is 74.9 cm³/mol. The van der Waals surface area contributed by atoms with Crippen LogP contribution in [0, 0.1) is 0 Å². The molecule has 2 heteroatoms. The van der Waals surface area contributed by atoms with Crippen LogP contribution in [0.4, 0.5) is 0 Å². The Hall–Kier alpha value is -2.22. The van der Waals surface area contributed by atoms with Crippen molar-refractivity contribution in [2.24, 2.45) is 0 Å². The summed E-state index contributed by atoms with van der Waals surface area (Å²) in [5.41, 5.74) is 2.22. The second kappa shape index (κ2) is 5.92. The molecule has 0 saturated carbocycles. The molecule has 0 spiro atoms. The van der Waals surface area contributed by atoms with E-state index in [1.165, 1.54) is 0 Å². The van der Waals surface area contributed by atoms with Crippen LogP contribution in [0.5, 0.6) is 11.5 Å². The minimum atomic E-state index is 0.864. The molecule has 0 aliphatic rings. The van der Waals surface area contributed by atoms with E-state index in [1.54, 1.807) is 14.2 Å². The van der Waals surface area contributed by atoms with Crippen LogP contribution in [-0.4, -0.2) is 14.2 Å². The summed E-state index contributed by atoms with van der Waals surface area (Å²) in [6.07, 6.45) is 4.11. The Morgan fingerprint density at radius 1 is 0.722 bits per heavy atom. The Bertz CT molecular complexity index is 495. The molecule has 0 saturated heterocycles. The fraction of sp³-hybridized carbons (Fsp3) is 0.125. The number of hydrogen-bond donors (Lipinski definition) is 0. The first-order valence-corrected chi connectivity index (χ1v) is 5.78. The van der Waals surface area contributed by atoms with Gasteiger partial charge < -0.3 is 9.47 Å². The van der Waals surface area contributed by atoms with Gasteiger partial charge >= 0.3 is 0 Å². The van der Waals surface area contributed by atoms with Gasteiger partial charge in [-0.25, -0.2) is 0 Å². The molecule has 2 nitrogen and oxygen atoms in total. The lowest BCUT2D eigenvalue weighted by Crippen LogP contribution is -1.83. The van der Waals surface area contributed by atoms with Crippen LogP contribution in [0.15, 0.2) is 48.5 Å². The SMILES string of the molecule is COc1cccc(C=Cc2cccc(OC)c2)c1. The maximum Gasteiger partial charge on any atom is 0.119 e. The Kier molecular flexibility index (Phi) is 4.02. The van der Waals surface area contributed by atoms with Crippen LogP contribution in [0.3, 0.4) is 0 Å². The summed E-state index contributed by atoms with van der Waals surface area (Å²) in [5.74, 6) is 1.73. The number of hydrogen-bond acceptors (Lipinski definition) is 2. The van der Waals surface area contributed by atoms with E-state index < -0.39 is 0 Å². The van der Waals surface area contributed by atoms with E-state index in [0.29, 0.717) is 0 Å². The lowest BCUT2D eigenvalue weighted by Gasteiger charge is -2.01. The van der Waals surface area contributed by atoms with Gasteiger partial charge in [0.1, 0.15) is 11.5 Å². The smallest absolute Gasteiger partial charge is 0.119 e. The lowest BCUT2D eigenvalue weighted by atomic mass is 10.1. The normalized spacial score (nSPS) is 10.6. The minimum Gasteiger partial charge on any atom is -0.497 e. The molecule has 0 radical (unpaired) electrons. The zero-order chi connectivity index (χ0) is 12.8. The largest absolute Gasteiger partial charge is 0.497 e. The number of ether oxygens (including phenoxy) is 2. The van der Waals surface area contributed by atoms with Crippen molar-refractivity contribution in [2.75, 3.05) is 14.2 Å². The summed E-state index contributed by atoms with van der Waals surface area (Å²) in [6.45, 7) is 0. The molecule has 0 heterocycles. The molecule has 0 aromatic heterocycles. The van der Waals surface area contributed by atoms with Crippen molar-refractivity contribution < 1.29 is 9.47 Å². The Labute approximate surface area is 107 Å². The molecule has 0 amide bonds. The van der Waals surface area contributed by atoms with E-state index in [9.17, 15) is 0 Å². The highest BCUT2D eigenvalue weighted by Gasteiger charge is 1.93. The maximum absolute atomic E-state index is 5.19.